The second-order valence-corrected chi connectivity index (χ2v) is 8.32. The average molecular weight is 290 g/mol. The lowest BCUT2D eigenvalue weighted by Gasteiger charge is -2.31. The van der Waals surface area contributed by atoms with E-state index in [1.165, 1.54) is 0 Å². The van der Waals surface area contributed by atoms with Gasteiger partial charge in [-0.25, -0.2) is 8.42 Å². The molecule has 0 fully saturated rings. The molecule has 0 heterocycles. The van der Waals surface area contributed by atoms with Gasteiger partial charge < -0.3 is 0 Å². The molecule has 19 heavy (non-hydrogen) atoms. The number of sulfone groups is 1. The Morgan fingerprint density at radius 3 is 2.05 bits per heavy atom. The van der Waals surface area contributed by atoms with Crippen molar-refractivity contribution in [2.75, 3.05) is 5.75 Å². The molecule has 0 bridgehead atoms. The second kappa shape index (κ2) is 8.03. The minimum Gasteiger partial charge on any atom is -0.299 e. The molecule has 0 saturated heterocycles. The van der Waals surface area contributed by atoms with Crippen LogP contribution in [-0.4, -0.2) is 25.2 Å². The van der Waals surface area contributed by atoms with Crippen LogP contribution in [-0.2, 0) is 14.6 Å². The van der Waals surface area contributed by atoms with Gasteiger partial charge in [0, 0.05) is 11.8 Å². The number of Topliss-reactive ketones (excluding diaryl/α,β-unsaturated/α-hetero) is 1. The van der Waals surface area contributed by atoms with Crippen molar-refractivity contribution in [2.45, 2.75) is 78.4 Å². The summed E-state index contributed by atoms with van der Waals surface area (Å²) in [6.45, 7) is 9.39. The van der Waals surface area contributed by atoms with Crippen molar-refractivity contribution in [1.29, 1.82) is 0 Å². The van der Waals surface area contributed by atoms with E-state index in [1.807, 2.05) is 20.8 Å². The van der Waals surface area contributed by atoms with Crippen LogP contribution in [0.25, 0.3) is 0 Å². The van der Waals surface area contributed by atoms with Gasteiger partial charge in [-0.05, 0) is 33.1 Å². The minimum absolute atomic E-state index is 0.0184. The van der Waals surface area contributed by atoms with E-state index < -0.39 is 20.5 Å². The Labute approximate surface area is 119 Å². The molecule has 0 aromatic carbocycles. The molecule has 0 aliphatic heterocycles. The van der Waals surface area contributed by atoms with E-state index in [0.29, 0.717) is 19.3 Å². The molecule has 0 saturated carbocycles. The Balaban J connectivity index is 5.22. The highest BCUT2D eigenvalue weighted by atomic mass is 32.2. The molecule has 0 aromatic heterocycles. The molecule has 0 aromatic rings. The smallest absolute Gasteiger partial charge is 0.153 e. The Bertz CT molecular complexity index is 371. The third kappa shape index (κ3) is 5.25. The average Bonchev–Trinajstić information content (AvgIpc) is 2.34. The van der Waals surface area contributed by atoms with Gasteiger partial charge >= 0.3 is 0 Å². The highest BCUT2D eigenvalue weighted by Gasteiger charge is 2.39. The first-order chi connectivity index (χ1) is 8.75. The van der Waals surface area contributed by atoms with Crippen LogP contribution in [0.1, 0.15) is 73.1 Å². The van der Waals surface area contributed by atoms with Crippen LogP contribution in [0.2, 0.25) is 0 Å². The van der Waals surface area contributed by atoms with Gasteiger partial charge in [0.2, 0.25) is 0 Å². The Morgan fingerprint density at radius 1 is 1.11 bits per heavy atom. The monoisotopic (exact) mass is 290 g/mol. The molecule has 114 valence electrons. The van der Waals surface area contributed by atoms with E-state index in [2.05, 4.69) is 0 Å². The Kier molecular flexibility index (Phi) is 7.87. The van der Waals surface area contributed by atoms with Crippen LogP contribution in [0.4, 0.5) is 0 Å². The maximum absolute atomic E-state index is 12.5. The summed E-state index contributed by atoms with van der Waals surface area (Å²) in [5.41, 5.74) is -0.660. The van der Waals surface area contributed by atoms with Gasteiger partial charge in [-0.1, -0.05) is 33.6 Å². The van der Waals surface area contributed by atoms with Crippen LogP contribution < -0.4 is 0 Å². The summed E-state index contributed by atoms with van der Waals surface area (Å²) in [5.74, 6) is 0.160. The first-order valence-electron chi connectivity index (χ1n) is 7.50. The van der Waals surface area contributed by atoms with Crippen LogP contribution in [0, 0.1) is 5.41 Å². The molecule has 0 rings (SSSR count). The van der Waals surface area contributed by atoms with Crippen LogP contribution in [0.3, 0.4) is 0 Å². The van der Waals surface area contributed by atoms with Crippen LogP contribution >= 0.6 is 0 Å². The predicted molar refractivity (Wildman–Crippen MR) is 81.1 cm³/mol. The molecule has 0 amide bonds. The van der Waals surface area contributed by atoms with E-state index in [-0.39, 0.29) is 11.5 Å². The van der Waals surface area contributed by atoms with Crippen molar-refractivity contribution < 1.29 is 13.2 Å². The zero-order chi connectivity index (χ0) is 15.1. The molecule has 0 N–H and O–H groups in total. The topological polar surface area (TPSA) is 51.2 Å². The lowest BCUT2D eigenvalue weighted by molar-refractivity contribution is -0.128. The molecule has 0 unspecified atom stereocenters. The fourth-order valence-electron chi connectivity index (χ4n) is 2.40. The van der Waals surface area contributed by atoms with Crippen molar-refractivity contribution in [2.24, 2.45) is 5.41 Å². The number of carbonyl (C=O) groups is 1. The Morgan fingerprint density at radius 2 is 1.68 bits per heavy atom. The first kappa shape index (κ1) is 18.6. The van der Waals surface area contributed by atoms with Crippen molar-refractivity contribution in [3.63, 3.8) is 0 Å². The minimum atomic E-state index is -3.18. The quantitative estimate of drug-likeness (QED) is 0.615. The number of hydrogen-bond acceptors (Lipinski definition) is 3. The van der Waals surface area contributed by atoms with Gasteiger partial charge in [0.05, 0.1) is 11.0 Å². The van der Waals surface area contributed by atoms with Crippen molar-refractivity contribution in [3.8, 4) is 0 Å². The summed E-state index contributed by atoms with van der Waals surface area (Å²) < 4.78 is 24.4. The third-order valence-electron chi connectivity index (χ3n) is 3.95. The van der Waals surface area contributed by atoms with Gasteiger partial charge in [0.25, 0.3) is 0 Å². The molecular weight excluding hydrogens is 260 g/mol. The largest absolute Gasteiger partial charge is 0.299 e. The normalized spacial score (nSPS) is 15.5. The van der Waals surface area contributed by atoms with E-state index in [1.54, 1.807) is 13.8 Å². The lowest BCUT2D eigenvalue weighted by Crippen LogP contribution is -2.39. The second-order valence-electron chi connectivity index (χ2n) is 5.77. The predicted octanol–water partition coefficient (Wildman–Crippen LogP) is 3.77. The van der Waals surface area contributed by atoms with E-state index in [0.717, 1.165) is 19.3 Å². The zero-order valence-electron chi connectivity index (χ0n) is 13.2. The summed E-state index contributed by atoms with van der Waals surface area (Å²) in [5, 5.41) is -0.408. The van der Waals surface area contributed by atoms with Crippen molar-refractivity contribution in [3.05, 3.63) is 0 Å². The van der Waals surface area contributed by atoms with Gasteiger partial charge in [0.1, 0.15) is 5.78 Å². The summed E-state index contributed by atoms with van der Waals surface area (Å²) in [4.78, 5) is 12.5. The molecule has 0 radical (unpaired) electrons. The molecular formula is C15H30O3S. The van der Waals surface area contributed by atoms with Gasteiger partial charge in [0.15, 0.2) is 9.84 Å². The molecule has 4 heteroatoms. The summed E-state index contributed by atoms with van der Waals surface area (Å²) in [6, 6.07) is 0. The molecule has 0 aliphatic carbocycles. The maximum atomic E-state index is 12.5. The molecule has 3 nitrogen and oxygen atoms in total. The number of rotatable bonds is 10. The van der Waals surface area contributed by atoms with Gasteiger partial charge in [-0.3, -0.25) is 4.79 Å². The van der Waals surface area contributed by atoms with E-state index in [4.69, 9.17) is 0 Å². The summed E-state index contributed by atoms with van der Waals surface area (Å²) in [6.07, 6.45) is 4.48. The SMILES string of the molecule is CCCCC(=O)[C@](CC)(CCC)CS(=O)(=O)C(C)C. The molecule has 1 atom stereocenters. The zero-order valence-corrected chi connectivity index (χ0v) is 14.0. The van der Waals surface area contributed by atoms with E-state index in [9.17, 15) is 13.2 Å². The highest BCUT2D eigenvalue weighted by molar-refractivity contribution is 7.92. The standard InChI is InChI=1S/C15H30O3S/c1-6-9-10-14(16)15(8-3,11-7-2)12-19(17,18)13(4)5/h13H,6-12H2,1-5H3/t15-/m1/s1. The molecule has 0 spiro atoms. The highest BCUT2D eigenvalue weighted by Crippen LogP contribution is 2.34. The van der Waals surface area contributed by atoms with Gasteiger partial charge in [-0.2, -0.15) is 0 Å². The first-order valence-corrected chi connectivity index (χ1v) is 9.22. The van der Waals surface area contributed by atoms with Gasteiger partial charge in [-0.15, -0.1) is 0 Å². The number of carbonyl (C=O) groups excluding carboxylic acids is 1. The number of unbranched alkanes of at least 4 members (excludes halogenated alkanes) is 1. The van der Waals surface area contributed by atoms with Crippen molar-refractivity contribution in [1.82, 2.24) is 0 Å². The number of ketones is 1. The fraction of sp³-hybridized carbons (Fsp3) is 0.933. The summed E-state index contributed by atoms with van der Waals surface area (Å²) in [7, 11) is -3.18. The van der Waals surface area contributed by atoms with Crippen LogP contribution in [0.15, 0.2) is 0 Å². The summed E-state index contributed by atoms with van der Waals surface area (Å²) >= 11 is 0. The molecule has 0 aliphatic rings. The van der Waals surface area contributed by atoms with E-state index >= 15 is 0 Å². The Hall–Kier alpha value is -0.380. The van der Waals surface area contributed by atoms with Crippen LogP contribution in [0.5, 0.6) is 0 Å². The number of hydrogen-bond donors (Lipinski definition) is 0. The third-order valence-corrected chi connectivity index (χ3v) is 6.34. The lowest BCUT2D eigenvalue weighted by atomic mass is 9.77. The maximum Gasteiger partial charge on any atom is 0.153 e. The fourth-order valence-corrected chi connectivity index (χ4v) is 4.01. The van der Waals surface area contributed by atoms with Crippen molar-refractivity contribution >= 4 is 15.6 Å².